The molecule has 4 atom stereocenters. The zero-order valence-corrected chi connectivity index (χ0v) is 15.2. The van der Waals surface area contributed by atoms with Gasteiger partial charge in [0.25, 0.3) is 5.91 Å². The van der Waals surface area contributed by atoms with E-state index in [4.69, 9.17) is 4.74 Å². The monoisotopic (exact) mass is 345 g/mol. The van der Waals surface area contributed by atoms with E-state index in [1.807, 2.05) is 13.8 Å². The standard InChI is InChI=1S/C19H27N3O3/c1-10-14(11(2)20-15(10)12(3)23)19(24)21-16-13-6-9-25-18(13)17(16)22-7-4-5-8-22/h13,16-18,20H,4-9H2,1-3H3,(H,21,24). The van der Waals surface area contributed by atoms with Crippen LogP contribution in [0.15, 0.2) is 0 Å². The molecule has 0 bridgehead atoms. The lowest BCUT2D eigenvalue weighted by Crippen LogP contribution is -2.70. The lowest BCUT2D eigenvalue weighted by molar-refractivity contribution is -0.0747. The number of Topliss-reactive ketones (excluding diaryl/α,β-unsaturated/α-hetero) is 1. The Kier molecular flexibility index (Phi) is 4.20. The molecule has 1 aromatic heterocycles. The third-order valence-electron chi connectivity index (χ3n) is 6.23. The van der Waals surface area contributed by atoms with Gasteiger partial charge in [0.15, 0.2) is 5.78 Å². The van der Waals surface area contributed by atoms with Gasteiger partial charge in [0, 0.05) is 25.1 Å². The van der Waals surface area contributed by atoms with E-state index in [-0.39, 0.29) is 23.8 Å². The van der Waals surface area contributed by atoms with Gasteiger partial charge >= 0.3 is 0 Å². The summed E-state index contributed by atoms with van der Waals surface area (Å²) in [5, 5.41) is 3.27. The summed E-state index contributed by atoms with van der Waals surface area (Å²) in [6.07, 6.45) is 3.74. The van der Waals surface area contributed by atoms with E-state index in [1.165, 1.54) is 19.8 Å². The summed E-state index contributed by atoms with van der Waals surface area (Å²) >= 11 is 0. The number of ether oxygens (including phenoxy) is 1. The number of aromatic amines is 1. The average molecular weight is 345 g/mol. The number of carbonyl (C=O) groups is 2. The van der Waals surface area contributed by atoms with Crippen molar-refractivity contribution in [3.8, 4) is 0 Å². The molecule has 1 amide bonds. The lowest BCUT2D eigenvalue weighted by Gasteiger charge is -2.51. The minimum atomic E-state index is -0.0710. The first-order valence-electron chi connectivity index (χ1n) is 9.35. The third kappa shape index (κ3) is 2.62. The molecule has 6 nitrogen and oxygen atoms in total. The van der Waals surface area contributed by atoms with Crippen LogP contribution in [-0.2, 0) is 4.74 Å². The first-order chi connectivity index (χ1) is 12.0. The average Bonchev–Trinajstić information content (AvgIpc) is 3.26. The summed E-state index contributed by atoms with van der Waals surface area (Å²) in [5.41, 5.74) is 2.66. The molecular weight excluding hydrogens is 318 g/mol. The fourth-order valence-corrected chi connectivity index (χ4v) is 5.01. The number of H-pyrrole nitrogens is 1. The second-order valence-corrected chi connectivity index (χ2v) is 7.70. The number of likely N-dealkylation sites (tertiary alicyclic amines) is 1. The van der Waals surface area contributed by atoms with Gasteiger partial charge < -0.3 is 15.0 Å². The van der Waals surface area contributed by atoms with Gasteiger partial charge in [-0.2, -0.15) is 0 Å². The lowest BCUT2D eigenvalue weighted by atomic mass is 9.70. The second-order valence-electron chi connectivity index (χ2n) is 7.70. The highest BCUT2D eigenvalue weighted by Gasteiger charge is 2.56. The highest BCUT2D eigenvalue weighted by molar-refractivity contribution is 6.02. The van der Waals surface area contributed by atoms with Gasteiger partial charge in [0.2, 0.25) is 0 Å². The first-order valence-corrected chi connectivity index (χ1v) is 9.35. The van der Waals surface area contributed by atoms with Gasteiger partial charge in [-0.05, 0) is 51.8 Å². The van der Waals surface area contributed by atoms with Crippen molar-refractivity contribution in [2.75, 3.05) is 19.7 Å². The van der Waals surface area contributed by atoms with Crippen molar-refractivity contribution in [3.05, 3.63) is 22.5 Å². The number of rotatable bonds is 4. The molecule has 4 rings (SSSR count). The quantitative estimate of drug-likeness (QED) is 0.816. The molecular formula is C19H27N3O3. The molecule has 4 unspecified atom stereocenters. The molecule has 2 aliphatic heterocycles. The Bertz CT molecular complexity index is 700. The maximum absolute atomic E-state index is 13.0. The van der Waals surface area contributed by atoms with E-state index in [0.29, 0.717) is 23.2 Å². The molecule has 6 heteroatoms. The summed E-state index contributed by atoms with van der Waals surface area (Å²) in [7, 11) is 0. The van der Waals surface area contributed by atoms with E-state index >= 15 is 0 Å². The Balaban J connectivity index is 1.54. The van der Waals surface area contributed by atoms with E-state index in [2.05, 4.69) is 15.2 Å². The fourth-order valence-electron chi connectivity index (χ4n) is 5.01. The number of nitrogens with one attached hydrogen (secondary N) is 2. The minimum Gasteiger partial charge on any atom is -0.376 e. The molecule has 25 heavy (non-hydrogen) atoms. The molecule has 1 aliphatic carbocycles. The van der Waals surface area contributed by atoms with Crippen LogP contribution < -0.4 is 5.32 Å². The number of carbonyl (C=O) groups excluding carboxylic acids is 2. The van der Waals surface area contributed by atoms with Gasteiger partial charge in [-0.1, -0.05) is 0 Å². The molecule has 0 spiro atoms. The van der Waals surface area contributed by atoms with Crippen molar-refractivity contribution < 1.29 is 14.3 Å². The predicted octanol–water partition coefficient (Wildman–Crippen LogP) is 1.82. The van der Waals surface area contributed by atoms with Crippen molar-refractivity contribution >= 4 is 11.7 Å². The number of nitrogens with zero attached hydrogens (tertiary/aromatic N) is 1. The summed E-state index contributed by atoms with van der Waals surface area (Å²) in [5.74, 6) is 0.308. The molecule has 3 heterocycles. The van der Waals surface area contributed by atoms with Gasteiger partial charge in [0.05, 0.1) is 29.4 Å². The molecule has 3 fully saturated rings. The number of hydrogen-bond acceptors (Lipinski definition) is 4. The maximum Gasteiger partial charge on any atom is 0.253 e. The van der Waals surface area contributed by atoms with Gasteiger partial charge in [0.1, 0.15) is 0 Å². The third-order valence-corrected chi connectivity index (χ3v) is 6.23. The van der Waals surface area contributed by atoms with Crippen LogP contribution in [0.1, 0.15) is 58.3 Å². The van der Waals surface area contributed by atoms with Crippen LogP contribution in [0.5, 0.6) is 0 Å². The van der Waals surface area contributed by atoms with Crippen LogP contribution in [0.4, 0.5) is 0 Å². The summed E-state index contributed by atoms with van der Waals surface area (Å²) in [4.78, 5) is 30.3. The number of ketones is 1. The van der Waals surface area contributed by atoms with Crippen molar-refractivity contribution in [2.24, 2.45) is 5.92 Å². The van der Waals surface area contributed by atoms with Crippen LogP contribution in [-0.4, -0.2) is 59.5 Å². The van der Waals surface area contributed by atoms with Crippen LogP contribution in [0.3, 0.4) is 0 Å². The highest BCUT2D eigenvalue weighted by Crippen LogP contribution is 2.43. The summed E-state index contributed by atoms with van der Waals surface area (Å²) in [6.45, 7) is 8.21. The normalized spacial score (nSPS) is 31.6. The van der Waals surface area contributed by atoms with E-state index in [1.54, 1.807) is 0 Å². The molecule has 136 valence electrons. The summed E-state index contributed by atoms with van der Waals surface area (Å²) in [6, 6.07) is 0.443. The second kappa shape index (κ2) is 6.25. The Morgan fingerprint density at radius 2 is 1.96 bits per heavy atom. The molecule has 3 aliphatic rings. The van der Waals surface area contributed by atoms with Crippen molar-refractivity contribution in [2.45, 2.75) is 58.2 Å². The highest BCUT2D eigenvalue weighted by atomic mass is 16.5. The fraction of sp³-hybridized carbons (Fsp3) is 0.684. The van der Waals surface area contributed by atoms with Gasteiger partial charge in [-0.15, -0.1) is 0 Å². The molecule has 0 radical (unpaired) electrons. The van der Waals surface area contributed by atoms with Crippen molar-refractivity contribution in [3.63, 3.8) is 0 Å². The smallest absolute Gasteiger partial charge is 0.253 e. The summed E-state index contributed by atoms with van der Waals surface area (Å²) < 4.78 is 5.93. The van der Waals surface area contributed by atoms with Crippen LogP contribution in [0.2, 0.25) is 0 Å². The minimum absolute atomic E-state index is 0.0394. The largest absolute Gasteiger partial charge is 0.376 e. The Morgan fingerprint density at radius 1 is 1.24 bits per heavy atom. The van der Waals surface area contributed by atoms with E-state index < -0.39 is 0 Å². The zero-order valence-electron chi connectivity index (χ0n) is 15.2. The molecule has 1 aromatic rings. The van der Waals surface area contributed by atoms with Crippen LogP contribution in [0.25, 0.3) is 0 Å². The van der Waals surface area contributed by atoms with Crippen LogP contribution >= 0.6 is 0 Å². The number of aromatic nitrogens is 1. The van der Waals surface area contributed by atoms with Crippen LogP contribution in [0, 0.1) is 19.8 Å². The predicted molar refractivity (Wildman–Crippen MR) is 94.0 cm³/mol. The topological polar surface area (TPSA) is 74.4 Å². The Morgan fingerprint density at radius 3 is 2.60 bits per heavy atom. The van der Waals surface area contributed by atoms with Crippen molar-refractivity contribution in [1.29, 1.82) is 0 Å². The Hall–Kier alpha value is -1.66. The molecule has 0 aromatic carbocycles. The molecule has 1 saturated carbocycles. The molecule has 2 saturated heterocycles. The molecule has 2 N–H and O–H groups in total. The number of amides is 1. The zero-order chi connectivity index (χ0) is 17.7. The van der Waals surface area contributed by atoms with Gasteiger partial charge in [-0.3, -0.25) is 14.5 Å². The number of aryl methyl sites for hydroxylation is 1. The SMILES string of the molecule is CC(=O)c1[nH]c(C)c(C(=O)NC2C3CCOC3C2N2CCCC2)c1C. The van der Waals surface area contributed by atoms with Crippen molar-refractivity contribution in [1.82, 2.24) is 15.2 Å². The maximum atomic E-state index is 13.0. The number of fused-ring (bicyclic) bond motifs is 1. The Labute approximate surface area is 148 Å². The number of hydrogen-bond donors (Lipinski definition) is 2. The first kappa shape index (κ1) is 16.8. The van der Waals surface area contributed by atoms with E-state index in [9.17, 15) is 9.59 Å². The van der Waals surface area contributed by atoms with Gasteiger partial charge in [-0.25, -0.2) is 0 Å². The van der Waals surface area contributed by atoms with E-state index in [0.717, 1.165) is 37.4 Å².